The van der Waals surface area contributed by atoms with Crippen LogP contribution in [0.15, 0.2) is 24.5 Å². The lowest BCUT2D eigenvalue weighted by molar-refractivity contribution is 0.126. The second-order valence-electron chi connectivity index (χ2n) is 9.41. The number of aromatic nitrogens is 3. The average Bonchev–Trinajstić information content (AvgIpc) is 2.89. The smallest absolute Gasteiger partial charge is 0.224 e. The Hall–Kier alpha value is -2.59. The second kappa shape index (κ2) is 12.4. The molecule has 3 heterocycles. The third kappa shape index (κ3) is 6.98. The average molecular weight is 490 g/mol. The lowest BCUT2D eigenvalue weighted by Crippen LogP contribution is -2.47. The van der Waals surface area contributed by atoms with E-state index in [2.05, 4.69) is 36.5 Å². The molecular formula is C25H37F2N7O. The first-order valence-corrected chi connectivity index (χ1v) is 12.7. The van der Waals surface area contributed by atoms with Gasteiger partial charge in [-0.05, 0) is 44.2 Å². The Morgan fingerprint density at radius 2 is 1.86 bits per heavy atom. The predicted octanol–water partition coefficient (Wildman–Crippen LogP) is 3.51. The zero-order chi connectivity index (χ0) is 24.6. The van der Waals surface area contributed by atoms with Crippen LogP contribution in [0.3, 0.4) is 0 Å². The van der Waals surface area contributed by atoms with E-state index in [9.17, 15) is 13.9 Å². The summed E-state index contributed by atoms with van der Waals surface area (Å²) in [7, 11) is 0. The van der Waals surface area contributed by atoms with Gasteiger partial charge in [-0.1, -0.05) is 6.92 Å². The highest BCUT2D eigenvalue weighted by atomic mass is 19.1. The number of nitrogens with one attached hydrogen (secondary N) is 2. The van der Waals surface area contributed by atoms with Gasteiger partial charge in [-0.2, -0.15) is 4.98 Å². The number of pyridine rings is 1. The van der Waals surface area contributed by atoms with Crippen molar-refractivity contribution in [1.82, 2.24) is 19.9 Å². The minimum Gasteiger partial charge on any atom is -0.393 e. The lowest BCUT2D eigenvalue weighted by atomic mass is 9.93. The molecular weight excluding hydrogens is 452 g/mol. The first-order chi connectivity index (χ1) is 17.1. The first-order valence-electron chi connectivity index (χ1n) is 12.7. The Morgan fingerprint density at radius 1 is 1.09 bits per heavy atom. The van der Waals surface area contributed by atoms with Gasteiger partial charge in [-0.25, -0.2) is 13.8 Å². The standard InChI is InChI=1S/C25H37F2N7O/c1-2-18(27)15-29-25-30-17-22(24(32-25)31-19-3-6-21(35)7-4-19)23-8-5-20(16-28-23)34-13-11-33(10-9-26)12-14-34/h5,8,16-19,21,35H,2-4,6-7,9-15H2,1H3,(H2,29,30,31,32). The van der Waals surface area contributed by atoms with Gasteiger partial charge in [0, 0.05) is 51.5 Å². The molecule has 2 aromatic heterocycles. The second-order valence-corrected chi connectivity index (χ2v) is 9.41. The fourth-order valence-corrected chi connectivity index (χ4v) is 4.61. The summed E-state index contributed by atoms with van der Waals surface area (Å²) in [6.45, 7) is 5.53. The Balaban J connectivity index is 1.49. The molecule has 1 atom stereocenters. The highest BCUT2D eigenvalue weighted by Gasteiger charge is 2.22. The number of halogens is 2. The molecule has 0 radical (unpaired) electrons. The SMILES string of the molecule is CCC(F)CNc1ncc(-c2ccc(N3CCN(CCF)CC3)cn2)c(NC2CCC(O)CC2)n1. The van der Waals surface area contributed by atoms with E-state index in [0.29, 0.717) is 24.7 Å². The highest BCUT2D eigenvalue weighted by molar-refractivity contribution is 5.73. The van der Waals surface area contributed by atoms with Gasteiger partial charge in [0.1, 0.15) is 18.7 Å². The summed E-state index contributed by atoms with van der Waals surface area (Å²) in [5.74, 6) is 1.04. The van der Waals surface area contributed by atoms with E-state index in [4.69, 9.17) is 4.98 Å². The Morgan fingerprint density at radius 3 is 2.51 bits per heavy atom. The summed E-state index contributed by atoms with van der Waals surface area (Å²) in [6, 6.07) is 4.22. The van der Waals surface area contributed by atoms with Gasteiger partial charge in [0.05, 0.1) is 29.2 Å². The molecule has 1 saturated carbocycles. The summed E-state index contributed by atoms with van der Waals surface area (Å²) >= 11 is 0. The van der Waals surface area contributed by atoms with Crippen LogP contribution in [0.4, 0.5) is 26.2 Å². The maximum absolute atomic E-state index is 13.7. The van der Waals surface area contributed by atoms with Gasteiger partial charge < -0.3 is 20.6 Å². The van der Waals surface area contributed by atoms with Crippen LogP contribution in [-0.4, -0.2) is 89.2 Å². The molecule has 2 aliphatic rings. The molecule has 1 aliphatic heterocycles. The Kier molecular flexibility index (Phi) is 9.03. The van der Waals surface area contributed by atoms with Gasteiger partial charge in [0.2, 0.25) is 5.95 Å². The number of alkyl halides is 2. The van der Waals surface area contributed by atoms with Crippen molar-refractivity contribution in [1.29, 1.82) is 0 Å². The number of aliphatic hydroxyl groups is 1. The zero-order valence-corrected chi connectivity index (χ0v) is 20.5. The first kappa shape index (κ1) is 25.5. The van der Waals surface area contributed by atoms with Gasteiger partial charge >= 0.3 is 0 Å². The molecule has 1 unspecified atom stereocenters. The van der Waals surface area contributed by atoms with E-state index in [1.54, 1.807) is 13.1 Å². The summed E-state index contributed by atoms with van der Waals surface area (Å²) in [5.41, 5.74) is 2.58. The van der Waals surface area contributed by atoms with Crippen LogP contribution in [0.5, 0.6) is 0 Å². The molecule has 192 valence electrons. The molecule has 0 amide bonds. The fraction of sp³-hybridized carbons (Fsp3) is 0.640. The van der Waals surface area contributed by atoms with E-state index < -0.39 is 6.17 Å². The quantitative estimate of drug-likeness (QED) is 0.467. The third-order valence-corrected chi connectivity index (χ3v) is 6.91. The van der Waals surface area contributed by atoms with Crippen LogP contribution in [-0.2, 0) is 0 Å². The molecule has 0 bridgehead atoms. The van der Waals surface area contributed by atoms with Crippen LogP contribution in [0.1, 0.15) is 39.0 Å². The Labute approximate surface area is 206 Å². The maximum atomic E-state index is 13.7. The van der Waals surface area contributed by atoms with Gasteiger partial charge in [-0.3, -0.25) is 9.88 Å². The van der Waals surface area contributed by atoms with E-state index in [1.807, 2.05) is 12.3 Å². The molecule has 1 aliphatic carbocycles. The van der Waals surface area contributed by atoms with Crippen molar-refractivity contribution in [3.05, 3.63) is 24.5 Å². The van der Waals surface area contributed by atoms with Crippen LogP contribution < -0.4 is 15.5 Å². The van der Waals surface area contributed by atoms with Crippen LogP contribution in [0.2, 0.25) is 0 Å². The topological polar surface area (TPSA) is 89.4 Å². The van der Waals surface area contributed by atoms with Crippen molar-refractivity contribution < 1.29 is 13.9 Å². The van der Waals surface area contributed by atoms with Gasteiger partial charge in [-0.15, -0.1) is 0 Å². The van der Waals surface area contributed by atoms with Crippen LogP contribution in [0.25, 0.3) is 11.3 Å². The molecule has 1 saturated heterocycles. The molecule has 0 spiro atoms. The molecule has 3 N–H and O–H groups in total. The van der Waals surface area contributed by atoms with E-state index in [0.717, 1.165) is 68.8 Å². The number of rotatable bonds is 10. The van der Waals surface area contributed by atoms with E-state index in [-0.39, 0.29) is 25.4 Å². The molecule has 2 fully saturated rings. The zero-order valence-electron chi connectivity index (χ0n) is 20.5. The monoisotopic (exact) mass is 489 g/mol. The van der Waals surface area contributed by atoms with Crippen LogP contribution in [0, 0.1) is 0 Å². The molecule has 35 heavy (non-hydrogen) atoms. The van der Waals surface area contributed by atoms with Crippen molar-refractivity contribution >= 4 is 17.5 Å². The van der Waals surface area contributed by atoms with E-state index >= 15 is 0 Å². The molecule has 0 aromatic carbocycles. The van der Waals surface area contributed by atoms with Gasteiger partial charge in [0.25, 0.3) is 0 Å². The van der Waals surface area contributed by atoms with Crippen molar-refractivity contribution in [2.45, 2.75) is 57.3 Å². The molecule has 2 aromatic rings. The predicted molar refractivity (Wildman–Crippen MR) is 135 cm³/mol. The number of aliphatic hydroxyl groups excluding tert-OH is 1. The number of anilines is 3. The number of piperazine rings is 1. The Bertz CT molecular complexity index is 917. The molecule has 10 heteroatoms. The number of hydrogen-bond acceptors (Lipinski definition) is 8. The normalized spacial score (nSPS) is 22.1. The number of hydrogen-bond donors (Lipinski definition) is 3. The summed E-state index contributed by atoms with van der Waals surface area (Å²) in [4.78, 5) is 18.2. The maximum Gasteiger partial charge on any atom is 0.224 e. The summed E-state index contributed by atoms with van der Waals surface area (Å²) < 4.78 is 26.3. The van der Waals surface area contributed by atoms with Crippen molar-refractivity contribution in [3.8, 4) is 11.3 Å². The van der Waals surface area contributed by atoms with Crippen molar-refractivity contribution in [2.75, 3.05) is 61.5 Å². The largest absolute Gasteiger partial charge is 0.393 e. The fourth-order valence-electron chi connectivity index (χ4n) is 4.61. The molecule has 8 nitrogen and oxygen atoms in total. The van der Waals surface area contributed by atoms with Crippen molar-refractivity contribution in [3.63, 3.8) is 0 Å². The van der Waals surface area contributed by atoms with Gasteiger partial charge in [0.15, 0.2) is 0 Å². The molecule has 4 rings (SSSR count). The minimum absolute atomic E-state index is 0.163. The third-order valence-electron chi connectivity index (χ3n) is 6.91. The lowest BCUT2D eigenvalue weighted by Gasteiger charge is -2.35. The number of nitrogens with zero attached hydrogens (tertiary/aromatic N) is 5. The van der Waals surface area contributed by atoms with Crippen molar-refractivity contribution in [2.24, 2.45) is 0 Å². The highest BCUT2D eigenvalue weighted by Crippen LogP contribution is 2.30. The minimum atomic E-state index is -0.956. The summed E-state index contributed by atoms with van der Waals surface area (Å²) in [6.07, 6.45) is 6.06. The van der Waals surface area contributed by atoms with E-state index in [1.165, 1.54) is 0 Å². The van der Waals surface area contributed by atoms with Crippen LogP contribution >= 0.6 is 0 Å². The summed E-state index contributed by atoms with van der Waals surface area (Å²) in [5, 5.41) is 16.4.